The lowest BCUT2D eigenvalue weighted by molar-refractivity contribution is 0.279. The van der Waals surface area contributed by atoms with Gasteiger partial charge in [0, 0.05) is 31.3 Å². The number of methoxy groups -OCH3 is 1. The molecular weight excluding hydrogens is 247 g/mol. The summed E-state index contributed by atoms with van der Waals surface area (Å²) < 4.78 is 18.6. The molecule has 0 aromatic heterocycles. The lowest BCUT2D eigenvalue weighted by Gasteiger charge is -2.28. The molecule has 1 aliphatic heterocycles. The highest BCUT2D eigenvalue weighted by molar-refractivity contribution is 5.70. The molecule has 1 aromatic carbocycles. The summed E-state index contributed by atoms with van der Waals surface area (Å²) >= 11 is 0. The molecule has 4 nitrogen and oxygen atoms in total. The largest absolute Gasteiger partial charge is 0.494 e. The van der Waals surface area contributed by atoms with E-state index in [1.165, 1.54) is 13.2 Å². The maximum absolute atomic E-state index is 13.6. The van der Waals surface area contributed by atoms with E-state index >= 15 is 0 Å². The Bertz CT molecular complexity index is 440. The number of rotatable bonds is 5. The van der Waals surface area contributed by atoms with Gasteiger partial charge in [0.05, 0.1) is 18.5 Å². The van der Waals surface area contributed by atoms with Crippen molar-refractivity contribution in [1.29, 1.82) is 0 Å². The number of halogens is 1. The minimum Gasteiger partial charge on any atom is -0.494 e. The molecule has 3 N–H and O–H groups in total. The molecule has 1 aliphatic rings. The van der Waals surface area contributed by atoms with Gasteiger partial charge in [0.15, 0.2) is 11.6 Å². The van der Waals surface area contributed by atoms with Gasteiger partial charge in [-0.1, -0.05) is 0 Å². The fourth-order valence-electron chi connectivity index (χ4n) is 2.74. The van der Waals surface area contributed by atoms with E-state index in [4.69, 9.17) is 15.6 Å². The van der Waals surface area contributed by atoms with Crippen LogP contribution in [0.2, 0.25) is 0 Å². The van der Waals surface area contributed by atoms with Gasteiger partial charge in [-0.3, -0.25) is 0 Å². The number of anilines is 2. The van der Waals surface area contributed by atoms with Gasteiger partial charge >= 0.3 is 0 Å². The summed E-state index contributed by atoms with van der Waals surface area (Å²) in [6.45, 7) is 1.11. The Labute approximate surface area is 113 Å². The molecule has 1 unspecified atom stereocenters. The molecule has 0 aliphatic carbocycles. The highest BCUT2D eigenvalue weighted by Gasteiger charge is 2.26. The van der Waals surface area contributed by atoms with Crippen LogP contribution in [0.25, 0.3) is 0 Å². The van der Waals surface area contributed by atoms with Crippen LogP contribution in [0, 0.1) is 5.82 Å². The Balaban J connectivity index is 2.24. The van der Waals surface area contributed by atoms with E-state index in [-0.39, 0.29) is 12.4 Å². The van der Waals surface area contributed by atoms with Crippen LogP contribution < -0.4 is 15.4 Å². The fourth-order valence-corrected chi connectivity index (χ4v) is 2.74. The van der Waals surface area contributed by atoms with Crippen molar-refractivity contribution < 1.29 is 14.2 Å². The molecule has 0 spiro atoms. The van der Waals surface area contributed by atoms with Crippen molar-refractivity contribution in [1.82, 2.24) is 0 Å². The Hall–Kier alpha value is -1.49. The monoisotopic (exact) mass is 268 g/mol. The molecule has 5 heteroatoms. The third kappa shape index (κ3) is 2.92. The van der Waals surface area contributed by atoms with Crippen molar-refractivity contribution >= 4 is 11.4 Å². The van der Waals surface area contributed by atoms with Gasteiger partial charge in [-0.15, -0.1) is 0 Å². The topological polar surface area (TPSA) is 58.7 Å². The zero-order valence-corrected chi connectivity index (χ0v) is 11.2. The standard InChI is InChI=1S/C14H21FN2O2/c1-19-14-9-13(12(16)8-11(14)15)17-6-2-4-10(17)5-3-7-18/h8-10,18H,2-7,16H2,1H3. The average Bonchev–Trinajstić information content (AvgIpc) is 2.84. The van der Waals surface area contributed by atoms with Crippen molar-refractivity contribution in [2.75, 3.05) is 30.9 Å². The van der Waals surface area contributed by atoms with Crippen molar-refractivity contribution in [3.63, 3.8) is 0 Å². The number of hydrogen-bond donors (Lipinski definition) is 2. The van der Waals surface area contributed by atoms with Crippen LogP contribution in [0.15, 0.2) is 12.1 Å². The molecule has 0 bridgehead atoms. The van der Waals surface area contributed by atoms with E-state index in [9.17, 15) is 4.39 Å². The maximum atomic E-state index is 13.6. The van der Waals surface area contributed by atoms with Gasteiger partial charge in [0.1, 0.15) is 0 Å². The average molecular weight is 268 g/mol. The van der Waals surface area contributed by atoms with Gasteiger partial charge in [-0.25, -0.2) is 4.39 Å². The molecular formula is C14H21FN2O2. The van der Waals surface area contributed by atoms with Crippen molar-refractivity contribution in [3.05, 3.63) is 17.9 Å². The molecule has 1 atom stereocenters. The quantitative estimate of drug-likeness (QED) is 0.803. The minimum atomic E-state index is -0.435. The predicted octanol–water partition coefficient (Wildman–Crippen LogP) is 2.16. The number of nitrogens with two attached hydrogens (primary N) is 1. The maximum Gasteiger partial charge on any atom is 0.167 e. The SMILES string of the molecule is COc1cc(N2CCCC2CCCO)c(N)cc1F. The van der Waals surface area contributed by atoms with E-state index < -0.39 is 5.82 Å². The third-order valence-corrected chi connectivity index (χ3v) is 3.68. The Kier molecular flexibility index (Phi) is 4.47. The molecule has 1 aromatic rings. The second-order valence-electron chi connectivity index (χ2n) is 4.90. The third-order valence-electron chi connectivity index (χ3n) is 3.68. The summed E-state index contributed by atoms with van der Waals surface area (Å²) in [7, 11) is 1.45. The Morgan fingerprint density at radius 1 is 1.53 bits per heavy atom. The van der Waals surface area contributed by atoms with Gasteiger partial charge in [0.2, 0.25) is 0 Å². The number of nitrogen functional groups attached to an aromatic ring is 1. The van der Waals surface area contributed by atoms with Crippen LogP contribution >= 0.6 is 0 Å². The van der Waals surface area contributed by atoms with E-state index in [0.717, 1.165) is 37.9 Å². The molecule has 0 saturated carbocycles. The van der Waals surface area contributed by atoms with Crippen LogP contribution in [-0.4, -0.2) is 31.4 Å². The molecule has 106 valence electrons. The highest BCUT2D eigenvalue weighted by atomic mass is 19.1. The van der Waals surface area contributed by atoms with Gasteiger partial charge in [0.25, 0.3) is 0 Å². The molecule has 1 saturated heterocycles. The normalized spacial score (nSPS) is 18.9. The predicted molar refractivity (Wildman–Crippen MR) is 74.1 cm³/mol. The number of ether oxygens (including phenoxy) is 1. The van der Waals surface area contributed by atoms with Gasteiger partial charge in [-0.05, 0) is 25.7 Å². The number of aliphatic hydroxyl groups is 1. The van der Waals surface area contributed by atoms with Crippen molar-refractivity contribution in [3.8, 4) is 5.75 Å². The van der Waals surface area contributed by atoms with E-state index in [1.54, 1.807) is 6.07 Å². The molecule has 0 radical (unpaired) electrons. The van der Waals surface area contributed by atoms with Crippen LogP contribution in [0.1, 0.15) is 25.7 Å². The first-order chi connectivity index (χ1) is 9.17. The van der Waals surface area contributed by atoms with Crippen LogP contribution in [0.3, 0.4) is 0 Å². The number of benzene rings is 1. The lowest BCUT2D eigenvalue weighted by Crippen LogP contribution is -2.30. The highest BCUT2D eigenvalue weighted by Crippen LogP contribution is 2.36. The summed E-state index contributed by atoms with van der Waals surface area (Å²) in [6, 6.07) is 3.35. The first-order valence-corrected chi connectivity index (χ1v) is 6.68. The number of hydrogen-bond acceptors (Lipinski definition) is 4. The van der Waals surface area contributed by atoms with Gasteiger partial charge < -0.3 is 20.5 Å². The molecule has 1 fully saturated rings. The number of nitrogens with zero attached hydrogens (tertiary/aromatic N) is 1. The zero-order chi connectivity index (χ0) is 13.8. The van der Waals surface area contributed by atoms with Gasteiger partial charge in [-0.2, -0.15) is 0 Å². The first-order valence-electron chi connectivity index (χ1n) is 6.68. The van der Waals surface area contributed by atoms with E-state index in [1.807, 2.05) is 0 Å². The summed E-state index contributed by atoms with van der Waals surface area (Å²) in [6.07, 6.45) is 3.88. The summed E-state index contributed by atoms with van der Waals surface area (Å²) in [5.74, 6) is -0.216. The van der Waals surface area contributed by atoms with Crippen LogP contribution in [-0.2, 0) is 0 Å². The molecule has 0 amide bonds. The zero-order valence-electron chi connectivity index (χ0n) is 11.2. The lowest BCUT2D eigenvalue weighted by atomic mass is 10.1. The fraction of sp³-hybridized carbons (Fsp3) is 0.571. The van der Waals surface area contributed by atoms with E-state index in [2.05, 4.69) is 4.90 Å². The summed E-state index contributed by atoms with van der Waals surface area (Å²) in [4.78, 5) is 2.20. The Morgan fingerprint density at radius 2 is 2.32 bits per heavy atom. The van der Waals surface area contributed by atoms with Crippen molar-refractivity contribution in [2.45, 2.75) is 31.7 Å². The van der Waals surface area contributed by atoms with Crippen LogP contribution in [0.4, 0.5) is 15.8 Å². The minimum absolute atomic E-state index is 0.201. The number of aliphatic hydroxyl groups excluding tert-OH is 1. The first kappa shape index (κ1) is 13.9. The second kappa shape index (κ2) is 6.10. The molecule has 19 heavy (non-hydrogen) atoms. The summed E-state index contributed by atoms with van der Waals surface area (Å²) in [5.41, 5.74) is 7.20. The molecule has 2 rings (SSSR count). The smallest absolute Gasteiger partial charge is 0.167 e. The van der Waals surface area contributed by atoms with Crippen LogP contribution in [0.5, 0.6) is 5.75 Å². The van der Waals surface area contributed by atoms with Crippen molar-refractivity contribution in [2.24, 2.45) is 0 Å². The summed E-state index contributed by atoms with van der Waals surface area (Å²) in [5, 5.41) is 8.94. The second-order valence-corrected chi connectivity index (χ2v) is 4.90. The Morgan fingerprint density at radius 3 is 3.00 bits per heavy atom. The van der Waals surface area contributed by atoms with E-state index in [0.29, 0.717) is 11.7 Å². The molecule has 1 heterocycles.